The maximum absolute atomic E-state index is 13.0. The molecule has 0 bridgehead atoms. The number of aromatic nitrogens is 1. The molecule has 28 heavy (non-hydrogen) atoms. The second-order valence-electron chi connectivity index (χ2n) is 6.52. The maximum atomic E-state index is 13.0. The van der Waals surface area contributed by atoms with Gasteiger partial charge in [0.05, 0.1) is 18.3 Å². The van der Waals surface area contributed by atoms with E-state index >= 15 is 0 Å². The van der Waals surface area contributed by atoms with Crippen molar-refractivity contribution >= 4 is 22.5 Å². The Balaban J connectivity index is 1.61. The van der Waals surface area contributed by atoms with Gasteiger partial charge in [0.15, 0.2) is 0 Å². The van der Waals surface area contributed by atoms with Crippen LogP contribution in [0.15, 0.2) is 85.1 Å². The molecule has 0 spiro atoms. The lowest BCUT2D eigenvalue weighted by molar-refractivity contribution is 0.102. The highest BCUT2D eigenvalue weighted by atomic mass is 16.5. The van der Waals surface area contributed by atoms with Crippen molar-refractivity contribution in [2.24, 2.45) is 0 Å². The molecule has 0 unspecified atom stereocenters. The van der Waals surface area contributed by atoms with Gasteiger partial charge in [0.25, 0.3) is 5.91 Å². The van der Waals surface area contributed by atoms with Crippen molar-refractivity contribution in [3.63, 3.8) is 0 Å². The highest BCUT2D eigenvalue weighted by molar-refractivity contribution is 6.09. The SMILES string of the molecule is COc1ccc(Cc2ccccc2C(=O)Nc2cccc3cccnc23)cc1. The van der Waals surface area contributed by atoms with Crippen LogP contribution in [0.1, 0.15) is 21.5 Å². The number of fused-ring (bicyclic) bond motifs is 1. The first-order chi connectivity index (χ1) is 13.7. The van der Waals surface area contributed by atoms with Crippen LogP contribution in [-0.4, -0.2) is 18.0 Å². The van der Waals surface area contributed by atoms with E-state index in [1.165, 1.54) is 0 Å². The third-order valence-electron chi connectivity index (χ3n) is 4.70. The van der Waals surface area contributed by atoms with Crippen LogP contribution in [0.2, 0.25) is 0 Å². The lowest BCUT2D eigenvalue weighted by Crippen LogP contribution is -2.15. The first-order valence-electron chi connectivity index (χ1n) is 9.10. The van der Waals surface area contributed by atoms with Crippen LogP contribution in [-0.2, 0) is 6.42 Å². The Kier molecular flexibility index (Phi) is 5.02. The van der Waals surface area contributed by atoms with Gasteiger partial charge in [0, 0.05) is 17.1 Å². The third kappa shape index (κ3) is 3.71. The van der Waals surface area contributed by atoms with Crippen LogP contribution in [0.5, 0.6) is 5.75 Å². The highest BCUT2D eigenvalue weighted by Gasteiger charge is 2.13. The zero-order valence-corrected chi connectivity index (χ0v) is 15.6. The normalized spacial score (nSPS) is 10.6. The maximum Gasteiger partial charge on any atom is 0.256 e. The van der Waals surface area contributed by atoms with Gasteiger partial charge in [-0.1, -0.05) is 48.5 Å². The number of anilines is 1. The molecule has 1 aromatic heterocycles. The molecule has 1 N–H and O–H groups in total. The minimum atomic E-state index is -0.137. The van der Waals surface area contributed by atoms with Crippen molar-refractivity contribution in [1.82, 2.24) is 4.98 Å². The van der Waals surface area contributed by atoms with Crippen LogP contribution in [0.3, 0.4) is 0 Å². The minimum absolute atomic E-state index is 0.137. The number of carbonyl (C=O) groups excluding carboxylic acids is 1. The molecule has 4 heteroatoms. The summed E-state index contributed by atoms with van der Waals surface area (Å²) in [5, 5.41) is 4.02. The van der Waals surface area contributed by atoms with Gasteiger partial charge in [-0.25, -0.2) is 0 Å². The molecule has 0 saturated heterocycles. The number of hydrogen-bond acceptors (Lipinski definition) is 3. The van der Waals surface area contributed by atoms with Crippen LogP contribution < -0.4 is 10.1 Å². The smallest absolute Gasteiger partial charge is 0.256 e. The number of methoxy groups -OCH3 is 1. The van der Waals surface area contributed by atoms with Crippen LogP contribution >= 0.6 is 0 Å². The molecule has 1 heterocycles. The predicted molar refractivity (Wildman–Crippen MR) is 112 cm³/mol. The average Bonchev–Trinajstić information content (AvgIpc) is 2.75. The summed E-state index contributed by atoms with van der Waals surface area (Å²) in [6, 6.07) is 25.2. The lowest BCUT2D eigenvalue weighted by atomic mass is 9.99. The Morgan fingerprint density at radius 3 is 2.54 bits per heavy atom. The molecule has 0 aliphatic rings. The molecular formula is C24H20N2O2. The fraction of sp³-hybridized carbons (Fsp3) is 0.0833. The van der Waals surface area contributed by atoms with Crippen molar-refractivity contribution in [2.75, 3.05) is 12.4 Å². The summed E-state index contributed by atoms with van der Waals surface area (Å²) in [4.78, 5) is 17.4. The predicted octanol–water partition coefficient (Wildman–Crippen LogP) is 5.09. The monoisotopic (exact) mass is 368 g/mol. The first kappa shape index (κ1) is 17.7. The fourth-order valence-electron chi connectivity index (χ4n) is 3.25. The molecule has 0 atom stereocenters. The van der Waals surface area contributed by atoms with Gasteiger partial charge in [-0.05, 0) is 47.9 Å². The van der Waals surface area contributed by atoms with Gasteiger partial charge in [-0.2, -0.15) is 0 Å². The Bertz CT molecular complexity index is 1120. The molecule has 0 saturated carbocycles. The molecule has 4 rings (SSSR count). The van der Waals surface area contributed by atoms with Crippen molar-refractivity contribution in [3.05, 3.63) is 102 Å². The summed E-state index contributed by atoms with van der Waals surface area (Å²) in [7, 11) is 1.65. The third-order valence-corrected chi connectivity index (χ3v) is 4.70. The topological polar surface area (TPSA) is 51.2 Å². The number of pyridine rings is 1. The zero-order chi connectivity index (χ0) is 19.3. The molecule has 0 radical (unpaired) electrons. The van der Waals surface area contributed by atoms with E-state index in [-0.39, 0.29) is 5.91 Å². The average molecular weight is 368 g/mol. The Morgan fingerprint density at radius 2 is 1.71 bits per heavy atom. The summed E-state index contributed by atoms with van der Waals surface area (Å²) in [5.41, 5.74) is 4.24. The number of rotatable bonds is 5. The number of benzene rings is 3. The van der Waals surface area contributed by atoms with Gasteiger partial charge in [0.1, 0.15) is 5.75 Å². The molecule has 0 aliphatic heterocycles. The second-order valence-corrected chi connectivity index (χ2v) is 6.52. The Hall–Kier alpha value is -3.66. The molecule has 0 fully saturated rings. The lowest BCUT2D eigenvalue weighted by Gasteiger charge is -2.12. The molecule has 1 amide bonds. The van der Waals surface area contributed by atoms with Crippen LogP contribution in [0, 0.1) is 0 Å². The van der Waals surface area contributed by atoms with Gasteiger partial charge in [-0.3, -0.25) is 9.78 Å². The molecular weight excluding hydrogens is 348 g/mol. The quantitative estimate of drug-likeness (QED) is 0.534. The van der Waals surface area contributed by atoms with Crippen LogP contribution in [0.4, 0.5) is 5.69 Å². The molecule has 4 nitrogen and oxygen atoms in total. The minimum Gasteiger partial charge on any atom is -0.497 e. The zero-order valence-electron chi connectivity index (χ0n) is 15.6. The van der Waals surface area contributed by atoms with E-state index in [0.717, 1.165) is 27.8 Å². The van der Waals surface area contributed by atoms with E-state index in [1.54, 1.807) is 13.3 Å². The van der Waals surface area contributed by atoms with E-state index in [9.17, 15) is 4.79 Å². The van der Waals surface area contributed by atoms with Gasteiger partial charge >= 0.3 is 0 Å². The van der Waals surface area contributed by atoms with Gasteiger partial charge in [0.2, 0.25) is 0 Å². The molecule has 138 valence electrons. The van der Waals surface area contributed by atoms with Gasteiger partial charge < -0.3 is 10.1 Å². The first-order valence-corrected chi connectivity index (χ1v) is 9.10. The van der Waals surface area contributed by atoms with E-state index in [0.29, 0.717) is 17.7 Å². The van der Waals surface area contributed by atoms with Crippen molar-refractivity contribution in [2.45, 2.75) is 6.42 Å². The van der Waals surface area contributed by atoms with Crippen molar-refractivity contribution in [3.8, 4) is 5.75 Å². The van der Waals surface area contributed by atoms with E-state index in [1.807, 2.05) is 78.9 Å². The van der Waals surface area contributed by atoms with E-state index < -0.39 is 0 Å². The number of nitrogens with zero attached hydrogens (tertiary/aromatic N) is 1. The molecule has 3 aromatic carbocycles. The van der Waals surface area contributed by atoms with Crippen molar-refractivity contribution in [1.29, 1.82) is 0 Å². The number of nitrogens with one attached hydrogen (secondary N) is 1. The fourth-order valence-corrected chi connectivity index (χ4v) is 3.25. The highest BCUT2D eigenvalue weighted by Crippen LogP contribution is 2.23. The second kappa shape index (κ2) is 7.92. The molecule has 0 aliphatic carbocycles. The number of amides is 1. The number of ether oxygens (including phenoxy) is 1. The summed E-state index contributed by atoms with van der Waals surface area (Å²) in [5.74, 6) is 0.681. The largest absolute Gasteiger partial charge is 0.497 e. The van der Waals surface area contributed by atoms with Crippen molar-refractivity contribution < 1.29 is 9.53 Å². The summed E-state index contributed by atoms with van der Waals surface area (Å²) < 4.78 is 5.21. The van der Waals surface area contributed by atoms with E-state index in [4.69, 9.17) is 4.74 Å². The Morgan fingerprint density at radius 1 is 0.929 bits per heavy atom. The number of hydrogen-bond donors (Lipinski definition) is 1. The van der Waals surface area contributed by atoms with Gasteiger partial charge in [-0.15, -0.1) is 0 Å². The Labute approximate surface area is 163 Å². The number of carbonyl (C=O) groups is 1. The summed E-state index contributed by atoms with van der Waals surface area (Å²) in [6.07, 6.45) is 2.40. The standard InChI is InChI=1S/C24H20N2O2/c1-28-20-13-11-17(12-14-20)16-19-6-2-3-9-21(19)24(27)26-22-10-4-7-18-8-5-15-25-23(18)22/h2-15H,16H2,1H3,(H,26,27). The molecule has 4 aromatic rings. The summed E-state index contributed by atoms with van der Waals surface area (Å²) >= 11 is 0. The number of para-hydroxylation sites is 1. The van der Waals surface area contributed by atoms with Crippen LogP contribution in [0.25, 0.3) is 10.9 Å². The summed E-state index contributed by atoms with van der Waals surface area (Å²) in [6.45, 7) is 0. The van der Waals surface area contributed by atoms with E-state index in [2.05, 4.69) is 10.3 Å².